The second-order valence-electron chi connectivity index (χ2n) is 5.22. The molecular formula is C15H22N2O3S. The fraction of sp³-hybridized carbons (Fsp3) is 0.533. The van der Waals surface area contributed by atoms with Crippen molar-refractivity contribution in [2.24, 2.45) is 5.73 Å². The van der Waals surface area contributed by atoms with Gasteiger partial charge in [-0.1, -0.05) is 6.92 Å². The molecule has 5 nitrogen and oxygen atoms in total. The Balaban J connectivity index is 2.02. The van der Waals surface area contributed by atoms with Crippen LogP contribution in [-0.2, 0) is 4.79 Å². The van der Waals surface area contributed by atoms with Crippen LogP contribution in [0.5, 0.6) is 11.5 Å². The minimum absolute atomic E-state index is 0.332. The summed E-state index contributed by atoms with van der Waals surface area (Å²) < 4.78 is 11.1. The molecule has 0 aromatic heterocycles. The zero-order valence-electron chi connectivity index (χ0n) is 12.5. The number of rotatable bonds is 7. The van der Waals surface area contributed by atoms with E-state index in [0.717, 1.165) is 29.4 Å². The van der Waals surface area contributed by atoms with Crippen LogP contribution in [0, 0.1) is 0 Å². The van der Waals surface area contributed by atoms with Gasteiger partial charge in [-0.3, -0.25) is 4.79 Å². The summed E-state index contributed by atoms with van der Waals surface area (Å²) in [5, 5.41) is 3.23. The largest absolute Gasteiger partial charge is 0.486 e. The molecule has 0 saturated heterocycles. The van der Waals surface area contributed by atoms with E-state index in [9.17, 15) is 4.79 Å². The Morgan fingerprint density at radius 3 is 2.76 bits per heavy atom. The van der Waals surface area contributed by atoms with Crippen LogP contribution in [0.25, 0.3) is 0 Å². The van der Waals surface area contributed by atoms with Crippen molar-refractivity contribution in [3.63, 3.8) is 0 Å². The summed E-state index contributed by atoms with van der Waals surface area (Å²) in [6.45, 7) is 5.82. The molecule has 1 heterocycles. The molecule has 0 saturated carbocycles. The highest BCUT2D eigenvalue weighted by Crippen LogP contribution is 2.35. The van der Waals surface area contributed by atoms with E-state index in [2.05, 4.69) is 12.2 Å². The molecule has 1 amide bonds. The molecule has 21 heavy (non-hydrogen) atoms. The Kier molecular flexibility index (Phi) is 5.36. The lowest BCUT2D eigenvalue weighted by atomic mass is 10.1. The quantitative estimate of drug-likeness (QED) is 0.751. The number of hydrogen-bond donors (Lipinski definition) is 2. The van der Waals surface area contributed by atoms with Crippen LogP contribution in [0.1, 0.15) is 20.3 Å². The number of thioether (sulfide) groups is 1. The first-order valence-electron chi connectivity index (χ1n) is 7.12. The van der Waals surface area contributed by atoms with Crippen molar-refractivity contribution in [1.82, 2.24) is 5.32 Å². The maximum Gasteiger partial charge on any atom is 0.238 e. The number of nitrogens with one attached hydrogen (secondary N) is 1. The summed E-state index contributed by atoms with van der Waals surface area (Å²) >= 11 is 1.58. The molecular weight excluding hydrogens is 288 g/mol. The van der Waals surface area contributed by atoms with Crippen molar-refractivity contribution in [2.75, 3.05) is 25.5 Å². The maximum absolute atomic E-state index is 11.7. The summed E-state index contributed by atoms with van der Waals surface area (Å²) in [7, 11) is 0. The smallest absolute Gasteiger partial charge is 0.238 e. The van der Waals surface area contributed by atoms with Gasteiger partial charge < -0.3 is 20.5 Å². The molecule has 116 valence electrons. The highest BCUT2D eigenvalue weighted by atomic mass is 32.2. The lowest BCUT2D eigenvalue weighted by Gasteiger charge is -2.27. The van der Waals surface area contributed by atoms with Crippen LogP contribution < -0.4 is 20.5 Å². The molecule has 0 bridgehead atoms. The van der Waals surface area contributed by atoms with Gasteiger partial charge in [0.2, 0.25) is 5.91 Å². The Labute approximate surface area is 129 Å². The van der Waals surface area contributed by atoms with E-state index in [1.54, 1.807) is 11.8 Å². The number of nitrogens with two attached hydrogens (primary N) is 1. The van der Waals surface area contributed by atoms with Crippen LogP contribution in [0.2, 0.25) is 0 Å². The first-order chi connectivity index (χ1) is 10.0. The molecule has 1 aromatic carbocycles. The second kappa shape index (κ2) is 7.04. The Morgan fingerprint density at radius 2 is 2.10 bits per heavy atom. The molecule has 2 rings (SSSR count). The van der Waals surface area contributed by atoms with Crippen molar-refractivity contribution in [1.29, 1.82) is 0 Å². The van der Waals surface area contributed by atoms with Gasteiger partial charge in [-0.2, -0.15) is 0 Å². The molecule has 1 unspecified atom stereocenters. The van der Waals surface area contributed by atoms with Crippen LogP contribution in [0.3, 0.4) is 0 Å². The standard InChI is InChI=1S/C15H22N2O3S/c1-3-6-17-15(2,14(16)18)10-21-11-4-5-12-13(9-11)20-8-7-19-12/h4-5,9,17H,3,6-8,10H2,1-2H3,(H2,16,18). The number of carbonyl (C=O) groups is 1. The average Bonchev–Trinajstić information content (AvgIpc) is 2.50. The van der Waals surface area contributed by atoms with Crippen LogP contribution in [0.15, 0.2) is 23.1 Å². The van der Waals surface area contributed by atoms with E-state index in [4.69, 9.17) is 15.2 Å². The third kappa shape index (κ3) is 4.04. The van der Waals surface area contributed by atoms with E-state index >= 15 is 0 Å². The van der Waals surface area contributed by atoms with Crippen molar-refractivity contribution < 1.29 is 14.3 Å². The van der Waals surface area contributed by atoms with Gasteiger partial charge in [0.25, 0.3) is 0 Å². The zero-order valence-corrected chi connectivity index (χ0v) is 13.3. The normalized spacial score (nSPS) is 16.3. The average molecular weight is 310 g/mol. The fourth-order valence-electron chi connectivity index (χ4n) is 1.95. The fourth-order valence-corrected chi connectivity index (χ4v) is 3.01. The number of primary amides is 1. The third-order valence-corrected chi connectivity index (χ3v) is 4.66. The summed E-state index contributed by atoms with van der Waals surface area (Å²) in [6.07, 6.45) is 0.956. The summed E-state index contributed by atoms with van der Waals surface area (Å²) in [5.41, 5.74) is 4.81. The van der Waals surface area contributed by atoms with Crippen molar-refractivity contribution >= 4 is 17.7 Å². The van der Waals surface area contributed by atoms with Crippen molar-refractivity contribution in [2.45, 2.75) is 30.7 Å². The molecule has 1 aliphatic rings. The predicted molar refractivity (Wildman–Crippen MR) is 84.0 cm³/mol. The van der Waals surface area contributed by atoms with Gasteiger partial charge in [-0.15, -0.1) is 11.8 Å². The van der Waals surface area contributed by atoms with Gasteiger partial charge in [-0.25, -0.2) is 0 Å². The van der Waals surface area contributed by atoms with Crippen LogP contribution >= 0.6 is 11.8 Å². The molecule has 0 fully saturated rings. The van der Waals surface area contributed by atoms with Crippen LogP contribution in [0.4, 0.5) is 0 Å². The molecule has 1 aliphatic heterocycles. The number of ether oxygens (including phenoxy) is 2. The summed E-state index contributed by atoms with van der Waals surface area (Å²) in [4.78, 5) is 12.7. The van der Waals surface area contributed by atoms with Crippen molar-refractivity contribution in [3.05, 3.63) is 18.2 Å². The van der Waals surface area contributed by atoms with E-state index < -0.39 is 5.54 Å². The van der Waals surface area contributed by atoms with E-state index in [-0.39, 0.29) is 5.91 Å². The van der Waals surface area contributed by atoms with E-state index in [0.29, 0.717) is 19.0 Å². The Morgan fingerprint density at radius 1 is 1.38 bits per heavy atom. The third-order valence-electron chi connectivity index (χ3n) is 3.35. The van der Waals surface area contributed by atoms with Gasteiger partial charge in [0, 0.05) is 10.6 Å². The molecule has 1 aromatic rings. The first kappa shape index (κ1) is 16.0. The lowest BCUT2D eigenvalue weighted by Crippen LogP contribution is -2.55. The topological polar surface area (TPSA) is 73.6 Å². The number of hydrogen-bond acceptors (Lipinski definition) is 5. The highest BCUT2D eigenvalue weighted by molar-refractivity contribution is 7.99. The second-order valence-corrected chi connectivity index (χ2v) is 6.27. The SMILES string of the molecule is CCCNC(C)(CSc1ccc2c(c1)OCCO2)C(N)=O. The van der Waals surface area contributed by atoms with E-state index in [1.165, 1.54) is 0 Å². The van der Waals surface area contributed by atoms with Gasteiger partial charge >= 0.3 is 0 Å². The molecule has 0 spiro atoms. The van der Waals surface area contributed by atoms with Gasteiger partial charge in [0.05, 0.1) is 0 Å². The molecule has 0 radical (unpaired) electrons. The summed E-state index contributed by atoms with van der Waals surface area (Å²) in [5.74, 6) is 1.77. The molecule has 1 atom stereocenters. The minimum Gasteiger partial charge on any atom is -0.486 e. The Bertz CT molecular complexity index is 510. The van der Waals surface area contributed by atoms with Gasteiger partial charge in [0.1, 0.15) is 18.8 Å². The predicted octanol–water partition coefficient (Wildman–Crippen LogP) is 1.79. The number of benzene rings is 1. The van der Waals surface area contributed by atoms with Gasteiger partial charge in [0.15, 0.2) is 11.5 Å². The minimum atomic E-state index is -0.714. The molecule has 3 N–H and O–H groups in total. The lowest BCUT2D eigenvalue weighted by molar-refractivity contribution is -0.122. The monoisotopic (exact) mass is 310 g/mol. The summed E-state index contributed by atoms with van der Waals surface area (Å²) in [6, 6.07) is 5.82. The van der Waals surface area contributed by atoms with Crippen LogP contribution in [-0.4, -0.2) is 37.0 Å². The Hall–Kier alpha value is -1.40. The number of fused-ring (bicyclic) bond motifs is 1. The maximum atomic E-state index is 11.7. The number of amides is 1. The van der Waals surface area contributed by atoms with Crippen molar-refractivity contribution in [3.8, 4) is 11.5 Å². The zero-order chi connectivity index (χ0) is 15.3. The first-order valence-corrected chi connectivity index (χ1v) is 8.11. The molecule has 0 aliphatic carbocycles. The van der Waals surface area contributed by atoms with Gasteiger partial charge in [-0.05, 0) is 38.1 Å². The molecule has 6 heteroatoms. The van der Waals surface area contributed by atoms with E-state index in [1.807, 2.05) is 25.1 Å². The number of carbonyl (C=O) groups excluding carboxylic acids is 1. The highest BCUT2D eigenvalue weighted by Gasteiger charge is 2.30.